The van der Waals surface area contributed by atoms with Crippen LogP contribution in [-0.4, -0.2) is 21.6 Å². The van der Waals surface area contributed by atoms with E-state index in [0.717, 1.165) is 11.4 Å². The van der Waals surface area contributed by atoms with Crippen molar-refractivity contribution in [3.63, 3.8) is 0 Å². The number of amides is 2. The predicted molar refractivity (Wildman–Crippen MR) is 111 cm³/mol. The first-order chi connectivity index (χ1) is 13.2. The van der Waals surface area contributed by atoms with Gasteiger partial charge in [0.1, 0.15) is 0 Å². The van der Waals surface area contributed by atoms with Crippen LogP contribution in [0.15, 0.2) is 60.8 Å². The number of aromatic nitrogens is 2. The Morgan fingerprint density at radius 3 is 2.14 bits per heavy atom. The van der Waals surface area contributed by atoms with E-state index in [-0.39, 0.29) is 11.8 Å². The number of aryl methyl sites for hydroxylation is 1. The average Bonchev–Trinajstić information content (AvgIpc) is 3.07. The molecule has 0 fully saturated rings. The van der Waals surface area contributed by atoms with E-state index >= 15 is 0 Å². The minimum atomic E-state index is -0.492. The first kappa shape index (κ1) is 19.4. The predicted octanol–water partition coefficient (Wildman–Crippen LogP) is 4.42. The molecule has 0 aliphatic heterocycles. The first-order valence-corrected chi connectivity index (χ1v) is 9.08. The van der Waals surface area contributed by atoms with Gasteiger partial charge in [-0.15, -0.1) is 0 Å². The molecule has 144 valence electrons. The summed E-state index contributed by atoms with van der Waals surface area (Å²) in [5.41, 5.74) is 3.22. The summed E-state index contributed by atoms with van der Waals surface area (Å²) in [6.45, 7) is 7.52. The van der Waals surface area contributed by atoms with Crippen LogP contribution in [0.5, 0.6) is 0 Å². The molecule has 0 bridgehead atoms. The van der Waals surface area contributed by atoms with Crippen molar-refractivity contribution < 1.29 is 9.59 Å². The third-order valence-electron chi connectivity index (χ3n) is 4.27. The molecule has 3 rings (SSSR count). The van der Waals surface area contributed by atoms with Gasteiger partial charge in [0.05, 0.1) is 5.69 Å². The molecule has 2 aromatic carbocycles. The molecular formula is C22H24N4O2. The fourth-order valence-corrected chi connectivity index (χ4v) is 2.59. The summed E-state index contributed by atoms with van der Waals surface area (Å²) >= 11 is 0. The summed E-state index contributed by atoms with van der Waals surface area (Å²) in [7, 11) is 0. The van der Waals surface area contributed by atoms with Gasteiger partial charge in [-0.1, -0.05) is 26.8 Å². The second-order valence-electron chi connectivity index (χ2n) is 7.67. The maximum absolute atomic E-state index is 12.6. The van der Waals surface area contributed by atoms with Crippen molar-refractivity contribution >= 4 is 23.2 Å². The van der Waals surface area contributed by atoms with Crippen LogP contribution in [0.1, 0.15) is 36.8 Å². The number of nitrogens with one attached hydrogen (secondary N) is 2. The highest BCUT2D eigenvalue weighted by Gasteiger charge is 2.21. The van der Waals surface area contributed by atoms with Gasteiger partial charge in [-0.3, -0.25) is 9.59 Å². The normalized spacial score (nSPS) is 11.1. The highest BCUT2D eigenvalue weighted by molar-refractivity contribution is 6.05. The van der Waals surface area contributed by atoms with Crippen LogP contribution < -0.4 is 10.6 Å². The number of anilines is 2. The number of benzene rings is 2. The Balaban J connectivity index is 1.70. The van der Waals surface area contributed by atoms with Crippen LogP contribution in [0, 0.1) is 12.3 Å². The highest BCUT2D eigenvalue weighted by Crippen LogP contribution is 2.20. The van der Waals surface area contributed by atoms with Crippen LogP contribution in [-0.2, 0) is 4.79 Å². The lowest BCUT2D eigenvalue weighted by Gasteiger charge is -2.18. The lowest BCUT2D eigenvalue weighted by atomic mass is 9.95. The molecule has 0 aliphatic carbocycles. The average molecular weight is 376 g/mol. The summed E-state index contributed by atoms with van der Waals surface area (Å²) in [6, 6.07) is 16.3. The molecule has 2 amide bonds. The molecule has 6 nitrogen and oxygen atoms in total. The van der Waals surface area contributed by atoms with Crippen LogP contribution in [0.4, 0.5) is 11.4 Å². The van der Waals surface area contributed by atoms with Gasteiger partial charge >= 0.3 is 0 Å². The van der Waals surface area contributed by atoms with Gasteiger partial charge in [0, 0.05) is 34.2 Å². The Bertz CT molecular complexity index is 998. The molecule has 0 spiro atoms. The van der Waals surface area contributed by atoms with Gasteiger partial charge in [0.15, 0.2) is 0 Å². The smallest absolute Gasteiger partial charge is 0.255 e. The zero-order valence-electron chi connectivity index (χ0n) is 16.5. The molecule has 0 aliphatic rings. The van der Waals surface area contributed by atoms with Crippen molar-refractivity contribution in [2.45, 2.75) is 27.7 Å². The number of carbonyl (C=O) groups excluding carboxylic acids is 2. The van der Waals surface area contributed by atoms with Gasteiger partial charge in [0.25, 0.3) is 5.91 Å². The molecule has 0 saturated carbocycles. The van der Waals surface area contributed by atoms with E-state index in [4.69, 9.17) is 0 Å². The molecule has 2 N–H and O–H groups in total. The molecule has 6 heteroatoms. The number of carbonyl (C=O) groups is 2. The Morgan fingerprint density at radius 1 is 0.929 bits per heavy atom. The van der Waals surface area contributed by atoms with Gasteiger partial charge in [-0.2, -0.15) is 5.10 Å². The van der Waals surface area contributed by atoms with Gasteiger partial charge in [-0.25, -0.2) is 4.68 Å². The van der Waals surface area contributed by atoms with E-state index in [1.54, 1.807) is 42.6 Å². The van der Waals surface area contributed by atoms with Crippen LogP contribution >= 0.6 is 0 Å². The molecule has 28 heavy (non-hydrogen) atoms. The van der Waals surface area contributed by atoms with Crippen molar-refractivity contribution in [1.82, 2.24) is 9.78 Å². The van der Waals surface area contributed by atoms with Crippen molar-refractivity contribution in [3.05, 3.63) is 72.1 Å². The summed E-state index contributed by atoms with van der Waals surface area (Å²) in [6.07, 6.45) is 1.74. The standard InChI is InChI=1S/C22H24N4O2/c1-15-12-13-23-26(15)19-10-8-16(9-11-19)20(27)24-17-6-5-7-18(14-17)25-21(28)22(2,3)4/h5-14H,1-4H3,(H,24,27)(H,25,28). The SMILES string of the molecule is Cc1ccnn1-c1ccc(C(=O)Nc2cccc(NC(=O)C(C)(C)C)c2)cc1. The maximum atomic E-state index is 12.6. The molecule has 0 unspecified atom stereocenters. The number of rotatable bonds is 4. The van der Waals surface area contributed by atoms with E-state index < -0.39 is 5.41 Å². The van der Waals surface area contributed by atoms with Crippen LogP contribution in [0.2, 0.25) is 0 Å². The molecule has 0 saturated heterocycles. The first-order valence-electron chi connectivity index (χ1n) is 9.08. The lowest BCUT2D eigenvalue weighted by Crippen LogP contribution is -2.27. The zero-order valence-corrected chi connectivity index (χ0v) is 16.5. The lowest BCUT2D eigenvalue weighted by molar-refractivity contribution is -0.123. The van der Waals surface area contributed by atoms with E-state index in [2.05, 4.69) is 15.7 Å². The summed E-state index contributed by atoms with van der Waals surface area (Å²) < 4.78 is 1.81. The zero-order chi connectivity index (χ0) is 20.3. The minimum Gasteiger partial charge on any atom is -0.326 e. The molecular weight excluding hydrogens is 352 g/mol. The molecule has 3 aromatic rings. The second-order valence-corrected chi connectivity index (χ2v) is 7.67. The molecule has 1 heterocycles. The third-order valence-corrected chi connectivity index (χ3v) is 4.27. The van der Waals surface area contributed by atoms with Crippen molar-refractivity contribution in [1.29, 1.82) is 0 Å². The molecule has 0 atom stereocenters. The fourth-order valence-electron chi connectivity index (χ4n) is 2.59. The Kier molecular flexibility index (Phi) is 5.31. The van der Waals surface area contributed by atoms with Crippen molar-refractivity contribution in [2.75, 3.05) is 10.6 Å². The summed E-state index contributed by atoms with van der Waals surface area (Å²) in [5.74, 6) is -0.302. The second kappa shape index (κ2) is 7.68. The number of hydrogen-bond donors (Lipinski definition) is 2. The Hall–Kier alpha value is -3.41. The van der Waals surface area contributed by atoms with Crippen molar-refractivity contribution in [2.24, 2.45) is 5.41 Å². The largest absolute Gasteiger partial charge is 0.326 e. The molecule has 1 aromatic heterocycles. The highest BCUT2D eigenvalue weighted by atomic mass is 16.2. The van der Waals surface area contributed by atoms with E-state index in [1.807, 2.05) is 50.6 Å². The summed E-state index contributed by atoms with van der Waals surface area (Å²) in [5, 5.41) is 9.99. The monoisotopic (exact) mass is 376 g/mol. The Labute approximate surface area is 164 Å². The topological polar surface area (TPSA) is 76.0 Å². The van der Waals surface area contributed by atoms with Gasteiger partial charge in [0.2, 0.25) is 5.91 Å². The van der Waals surface area contributed by atoms with E-state index in [9.17, 15) is 9.59 Å². The van der Waals surface area contributed by atoms with Gasteiger partial charge < -0.3 is 10.6 Å². The quantitative estimate of drug-likeness (QED) is 0.708. The minimum absolute atomic E-state index is 0.0829. The Morgan fingerprint density at radius 2 is 1.57 bits per heavy atom. The molecule has 0 radical (unpaired) electrons. The third kappa shape index (κ3) is 4.46. The van der Waals surface area contributed by atoms with Gasteiger partial charge in [-0.05, 0) is 55.5 Å². The summed E-state index contributed by atoms with van der Waals surface area (Å²) in [4.78, 5) is 24.7. The maximum Gasteiger partial charge on any atom is 0.255 e. The van der Waals surface area contributed by atoms with Crippen molar-refractivity contribution in [3.8, 4) is 5.69 Å². The van der Waals surface area contributed by atoms with Crippen LogP contribution in [0.3, 0.4) is 0 Å². The van der Waals surface area contributed by atoms with E-state index in [0.29, 0.717) is 16.9 Å². The van der Waals surface area contributed by atoms with Crippen LogP contribution in [0.25, 0.3) is 5.69 Å². The number of nitrogens with zero attached hydrogens (tertiary/aromatic N) is 2. The fraction of sp³-hybridized carbons (Fsp3) is 0.227. The number of hydrogen-bond acceptors (Lipinski definition) is 3. The van der Waals surface area contributed by atoms with E-state index in [1.165, 1.54) is 0 Å².